The fraction of sp³-hybridized carbons (Fsp3) is 1.00. The summed E-state index contributed by atoms with van der Waals surface area (Å²) in [5, 5.41) is 3.77. The van der Waals surface area contributed by atoms with Crippen molar-refractivity contribution < 1.29 is 4.74 Å². The van der Waals surface area contributed by atoms with Crippen LogP contribution in [0.3, 0.4) is 0 Å². The SMILES string of the molecule is CC(C)C1COC2(CC3CCC(C2)N3)C1C(C)C. The summed E-state index contributed by atoms with van der Waals surface area (Å²) < 4.78 is 6.47. The van der Waals surface area contributed by atoms with Gasteiger partial charge in [-0.1, -0.05) is 27.7 Å². The molecule has 3 fully saturated rings. The number of hydrogen-bond acceptors (Lipinski definition) is 2. The Hall–Kier alpha value is -0.0800. The Kier molecular flexibility index (Phi) is 3.22. The molecule has 2 bridgehead atoms. The van der Waals surface area contributed by atoms with Gasteiger partial charge in [-0.25, -0.2) is 0 Å². The van der Waals surface area contributed by atoms with Crippen LogP contribution in [0.1, 0.15) is 53.4 Å². The Morgan fingerprint density at radius 2 is 1.61 bits per heavy atom. The summed E-state index contributed by atoms with van der Waals surface area (Å²) in [5.74, 6) is 3.03. The van der Waals surface area contributed by atoms with Crippen molar-refractivity contribution in [2.75, 3.05) is 6.61 Å². The van der Waals surface area contributed by atoms with Crippen LogP contribution in [0.15, 0.2) is 0 Å². The maximum atomic E-state index is 6.47. The molecule has 104 valence electrons. The molecule has 3 heterocycles. The molecule has 1 N–H and O–H groups in total. The van der Waals surface area contributed by atoms with Crippen LogP contribution in [0, 0.1) is 23.7 Å². The average molecular weight is 251 g/mol. The van der Waals surface area contributed by atoms with Crippen molar-refractivity contribution in [2.45, 2.75) is 71.1 Å². The number of rotatable bonds is 2. The molecule has 2 heteroatoms. The Balaban J connectivity index is 1.86. The highest BCUT2D eigenvalue weighted by Crippen LogP contribution is 2.52. The van der Waals surface area contributed by atoms with Crippen molar-refractivity contribution in [3.8, 4) is 0 Å². The Morgan fingerprint density at radius 1 is 1.00 bits per heavy atom. The Bertz CT molecular complexity index is 300. The van der Waals surface area contributed by atoms with E-state index < -0.39 is 0 Å². The van der Waals surface area contributed by atoms with Gasteiger partial charge in [0.25, 0.3) is 0 Å². The van der Waals surface area contributed by atoms with Crippen LogP contribution < -0.4 is 5.32 Å². The highest BCUT2D eigenvalue weighted by Gasteiger charge is 2.56. The highest BCUT2D eigenvalue weighted by molar-refractivity contribution is 5.08. The zero-order valence-corrected chi connectivity index (χ0v) is 12.4. The summed E-state index contributed by atoms with van der Waals surface area (Å²) in [5.41, 5.74) is 0.209. The molecule has 2 nitrogen and oxygen atoms in total. The lowest BCUT2D eigenvalue weighted by Crippen LogP contribution is -2.53. The lowest BCUT2D eigenvalue weighted by Gasteiger charge is -2.44. The van der Waals surface area contributed by atoms with Gasteiger partial charge in [-0.3, -0.25) is 0 Å². The molecule has 4 atom stereocenters. The molecule has 0 radical (unpaired) electrons. The van der Waals surface area contributed by atoms with Crippen molar-refractivity contribution in [3.05, 3.63) is 0 Å². The number of hydrogen-bond donors (Lipinski definition) is 1. The molecule has 0 aromatic heterocycles. The van der Waals surface area contributed by atoms with Crippen molar-refractivity contribution in [2.24, 2.45) is 23.7 Å². The summed E-state index contributed by atoms with van der Waals surface area (Å²) in [7, 11) is 0. The van der Waals surface area contributed by atoms with Gasteiger partial charge in [-0.2, -0.15) is 0 Å². The third-order valence-corrected chi connectivity index (χ3v) is 5.73. The number of piperidine rings is 1. The van der Waals surface area contributed by atoms with Gasteiger partial charge in [-0.05, 0) is 49.4 Å². The van der Waals surface area contributed by atoms with E-state index in [1.54, 1.807) is 0 Å². The zero-order valence-electron chi connectivity index (χ0n) is 12.4. The molecule has 3 saturated heterocycles. The van der Waals surface area contributed by atoms with Crippen LogP contribution in [0.25, 0.3) is 0 Å². The monoisotopic (exact) mass is 251 g/mol. The smallest absolute Gasteiger partial charge is 0.0746 e. The number of nitrogens with one attached hydrogen (secondary N) is 1. The van der Waals surface area contributed by atoms with E-state index in [-0.39, 0.29) is 5.60 Å². The fourth-order valence-electron chi connectivity index (χ4n) is 5.09. The van der Waals surface area contributed by atoms with E-state index in [1.165, 1.54) is 25.7 Å². The molecular formula is C16H29NO. The minimum atomic E-state index is 0.209. The molecule has 0 aromatic rings. The van der Waals surface area contributed by atoms with Gasteiger partial charge in [0.1, 0.15) is 0 Å². The molecule has 3 rings (SSSR count). The second kappa shape index (κ2) is 4.49. The quantitative estimate of drug-likeness (QED) is 0.813. The predicted molar refractivity (Wildman–Crippen MR) is 74.5 cm³/mol. The zero-order chi connectivity index (χ0) is 12.9. The summed E-state index contributed by atoms with van der Waals surface area (Å²) in [4.78, 5) is 0. The van der Waals surface area contributed by atoms with E-state index in [2.05, 4.69) is 33.0 Å². The summed E-state index contributed by atoms with van der Waals surface area (Å²) in [6.45, 7) is 10.6. The van der Waals surface area contributed by atoms with Crippen molar-refractivity contribution in [1.29, 1.82) is 0 Å². The minimum absolute atomic E-state index is 0.209. The van der Waals surface area contributed by atoms with E-state index >= 15 is 0 Å². The Morgan fingerprint density at radius 3 is 2.11 bits per heavy atom. The first-order valence-corrected chi connectivity index (χ1v) is 7.92. The maximum Gasteiger partial charge on any atom is 0.0746 e. The van der Waals surface area contributed by atoms with E-state index in [4.69, 9.17) is 4.74 Å². The third-order valence-electron chi connectivity index (χ3n) is 5.73. The molecule has 3 aliphatic heterocycles. The first-order valence-electron chi connectivity index (χ1n) is 7.92. The van der Waals surface area contributed by atoms with Gasteiger partial charge in [0.05, 0.1) is 12.2 Å². The number of fused-ring (bicyclic) bond motifs is 2. The van der Waals surface area contributed by atoms with Crippen LogP contribution in [0.4, 0.5) is 0 Å². The molecule has 4 unspecified atom stereocenters. The van der Waals surface area contributed by atoms with E-state index in [0.29, 0.717) is 0 Å². The first-order chi connectivity index (χ1) is 8.52. The largest absolute Gasteiger partial charge is 0.374 e. The molecule has 1 spiro atoms. The first kappa shape index (κ1) is 12.9. The van der Waals surface area contributed by atoms with Crippen LogP contribution >= 0.6 is 0 Å². The summed E-state index contributed by atoms with van der Waals surface area (Å²) >= 11 is 0. The van der Waals surface area contributed by atoms with Gasteiger partial charge in [0.2, 0.25) is 0 Å². The third kappa shape index (κ3) is 1.92. The standard InChI is InChI=1S/C16H29NO/c1-10(2)14-9-18-16(15(14)11(3)4)7-12-5-6-13(8-16)17-12/h10-15,17H,5-9H2,1-4H3. The molecule has 0 saturated carbocycles. The normalized spacial score (nSPS) is 47.7. The van der Waals surface area contributed by atoms with Crippen LogP contribution in [-0.4, -0.2) is 24.3 Å². The van der Waals surface area contributed by atoms with Crippen molar-refractivity contribution in [3.63, 3.8) is 0 Å². The molecule has 3 aliphatic rings. The summed E-state index contributed by atoms with van der Waals surface area (Å²) in [6.07, 6.45) is 5.25. The molecule has 18 heavy (non-hydrogen) atoms. The van der Waals surface area contributed by atoms with Gasteiger partial charge in [0.15, 0.2) is 0 Å². The van der Waals surface area contributed by atoms with Crippen LogP contribution in [-0.2, 0) is 4.74 Å². The molecular weight excluding hydrogens is 222 g/mol. The molecule has 0 aliphatic carbocycles. The number of ether oxygens (including phenoxy) is 1. The van der Waals surface area contributed by atoms with Crippen molar-refractivity contribution >= 4 is 0 Å². The van der Waals surface area contributed by atoms with E-state index in [9.17, 15) is 0 Å². The lowest BCUT2D eigenvalue weighted by atomic mass is 9.66. The van der Waals surface area contributed by atoms with E-state index in [0.717, 1.165) is 42.4 Å². The van der Waals surface area contributed by atoms with Crippen molar-refractivity contribution in [1.82, 2.24) is 5.32 Å². The van der Waals surface area contributed by atoms with E-state index in [1.807, 2.05) is 0 Å². The van der Waals surface area contributed by atoms with Gasteiger partial charge >= 0.3 is 0 Å². The van der Waals surface area contributed by atoms with Gasteiger partial charge < -0.3 is 10.1 Å². The van der Waals surface area contributed by atoms with Crippen LogP contribution in [0.5, 0.6) is 0 Å². The topological polar surface area (TPSA) is 21.3 Å². The van der Waals surface area contributed by atoms with Crippen LogP contribution in [0.2, 0.25) is 0 Å². The maximum absolute atomic E-state index is 6.47. The highest BCUT2D eigenvalue weighted by atomic mass is 16.5. The predicted octanol–water partition coefficient (Wildman–Crippen LogP) is 3.21. The molecule has 0 aromatic carbocycles. The lowest BCUT2D eigenvalue weighted by molar-refractivity contribution is -0.0674. The Labute approximate surface area is 112 Å². The minimum Gasteiger partial charge on any atom is -0.374 e. The second-order valence-corrected chi connectivity index (χ2v) is 7.60. The second-order valence-electron chi connectivity index (χ2n) is 7.60. The summed E-state index contributed by atoms with van der Waals surface area (Å²) in [6, 6.07) is 1.46. The average Bonchev–Trinajstić information content (AvgIpc) is 2.80. The van der Waals surface area contributed by atoms with Gasteiger partial charge in [0, 0.05) is 12.1 Å². The van der Waals surface area contributed by atoms with Gasteiger partial charge in [-0.15, -0.1) is 0 Å². The molecule has 0 amide bonds. The fourth-order valence-corrected chi connectivity index (χ4v) is 5.09.